The SMILES string of the molecule is O=C(NCc1ccco1)NCC1CCCC12NC(=O)NC2=O. The van der Waals surface area contributed by atoms with Gasteiger partial charge in [-0.25, -0.2) is 9.59 Å². The lowest BCUT2D eigenvalue weighted by Crippen LogP contribution is -2.53. The van der Waals surface area contributed by atoms with Crippen molar-refractivity contribution < 1.29 is 18.8 Å². The Morgan fingerprint density at radius 2 is 2.27 bits per heavy atom. The lowest BCUT2D eigenvalue weighted by atomic mass is 9.87. The summed E-state index contributed by atoms with van der Waals surface area (Å²) in [5, 5.41) is 10.4. The molecule has 8 nitrogen and oxygen atoms in total. The van der Waals surface area contributed by atoms with Crippen molar-refractivity contribution in [1.82, 2.24) is 21.3 Å². The molecule has 0 aromatic carbocycles. The number of hydrogen-bond acceptors (Lipinski definition) is 4. The highest BCUT2D eigenvalue weighted by molar-refractivity contribution is 6.07. The Morgan fingerprint density at radius 1 is 1.41 bits per heavy atom. The molecule has 0 radical (unpaired) electrons. The third kappa shape index (κ3) is 2.63. The van der Waals surface area contributed by atoms with E-state index < -0.39 is 11.6 Å². The Kier molecular flexibility index (Phi) is 3.74. The van der Waals surface area contributed by atoms with Crippen LogP contribution in [0.15, 0.2) is 22.8 Å². The molecule has 118 valence electrons. The fourth-order valence-electron chi connectivity index (χ4n) is 3.18. The summed E-state index contributed by atoms with van der Waals surface area (Å²) in [5.74, 6) is 0.265. The van der Waals surface area contributed by atoms with Gasteiger partial charge in [0.2, 0.25) is 0 Å². The molecule has 2 fully saturated rings. The van der Waals surface area contributed by atoms with E-state index in [9.17, 15) is 14.4 Å². The molecule has 2 atom stereocenters. The number of urea groups is 2. The molecule has 1 saturated heterocycles. The van der Waals surface area contributed by atoms with Crippen molar-refractivity contribution in [3.63, 3.8) is 0 Å². The quantitative estimate of drug-likeness (QED) is 0.605. The molecule has 2 unspecified atom stereocenters. The molecular formula is C14H18N4O4. The summed E-state index contributed by atoms with van der Waals surface area (Å²) in [6.07, 6.45) is 3.77. The zero-order valence-electron chi connectivity index (χ0n) is 12.0. The molecule has 1 spiro atoms. The molecule has 22 heavy (non-hydrogen) atoms. The van der Waals surface area contributed by atoms with E-state index in [1.54, 1.807) is 18.4 Å². The van der Waals surface area contributed by atoms with E-state index in [1.165, 1.54) is 0 Å². The maximum absolute atomic E-state index is 12.0. The number of nitrogens with one attached hydrogen (secondary N) is 4. The average molecular weight is 306 g/mol. The molecule has 1 aromatic rings. The fourth-order valence-corrected chi connectivity index (χ4v) is 3.18. The molecule has 2 aliphatic rings. The normalized spacial score (nSPS) is 26.8. The number of furan rings is 1. The zero-order valence-corrected chi connectivity index (χ0v) is 12.0. The number of rotatable bonds is 4. The second-order valence-corrected chi connectivity index (χ2v) is 5.61. The third-order valence-electron chi connectivity index (χ3n) is 4.30. The average Bonchev–Trinajstić information content (AvgIpc) is 3.18. The Balaban J connectivity index is 1.51. The van der Waals surface area contributed by atoms with Gasteiger partial charge in [-0.05, 0) is 25.0 Å². The Morgan fingerprint density at radius 3 is 2.95 bits per heavy atom. The maximum Gasteiger partial charge on any atom is 0.322 e. The van der Waals surface area contributed by atoms with E-state index in [4.69, 9.17) is 4.42 Å². The van der Waals surface area contributed by atoms with E-state index >= 15 is 0 Å². The van der Waals surface area contributed by atoms with E-state index in [1.807, 2.05) is 0 Å². The summed E-state index contributed by atoms with van der Waals surface area (Å²) in [7, 11) is 0. The second kappa shape index (κ2) is 5.70. The molecule has 1 aliphatic heterocycles. The van der Waals surface area contributed by atoms with Gasteiger partial charge >= 0.3 is 12.1 Å². The summed E-state index contributed by atoms with van der Waals surface area (Å²) in [6, 6.07) is 2.73. The van der Waals surface area contributed by atoms with Gasteiger partial charge in [0.15, 0.2) is 0 Å². The van der Waals surface area contributed by atoms with Crippen LogP contribution in [0, 0.1) is 5.92 Å². The summed E-state index contributed by atoms with van der Waals surface area (Å²) in [6.45, 7) is 0.629. The van der Waals surface area contributed by atoms with Gasteiger partial charge < -0.3 is 20.4 Å². The van der Waals surface area contributed by atoms with Crippen LogP contribution in [0.2, 0.25) is 0 Å². The van der Waals surface area contributed by atoms with Crippen LogP contribution in [0.1, 0.15) is 25.0 Å². The minimum Gasteiger partial charge on any atom is -0.467 e. The van der Waals surface area contributed by atoms with Gasteiger partial charge in [-0.3, -0.25) is 10.1 Å². The second-order valence-electron chi connectivity index (χ2n) is 5.61. The van der Waals surface area contributed by atoms with E-state index in [2.05, 4.69) is 21.3 Å². The van der Waals surface area contributed by atoms with Crippen molar-refractivity contribution in [1.29, 1.82) is 0 Å². The van der Waals surface area contributed by atoms with Crippen LogP contribution < -0.4 is 21.3 Å². The van der Waals surface area contributed by atoms with Crippen LogP contribution in [0.3, 0.4) is 0 Å². The molecule has 3 rings (SSSR count). The summed E-state index contributed by atoms with van der Waals surface area (Å²) in [4.78, 5) is 35.2. The molecule has 4 N–H and O–H groups in total. The molecule has 0 bridgehead atoms. The first-order valence-electron chi connectivity index (χ1n) is 7.28. The minimum absolute atomic E-state index is 0.103. The standard InChI is InChI=1S/C14H18N4O4/c19-11-14(18-13(21)17-11)5-1-3-9(14)7-15-12(20)16-8-10-4-2-6-22-10/h2,4,6,9H,1,3,5,7-8H2,(H2,15,16,20)(H2,17,18,19,21). The highest BCUT2D eigenvalue weighted by Gasteiger charge is 2.54. The number of carbonyl (C=O) groups is 3. The maximum atomic E-state index is 12.0. The third-order valence-corrected chi connectivity index (χ3v) is 4.30. The van der Waals surface area contributed by atoms with Crippen molar-refractivity contribution in [2.24, 2.45) is 5.92 Å². The van der Waals surface area contributed by atoms with Crippen molar-refractivity contribution in [2.75, 3.05) is 6.54 Å². The fraction of sp³-hybridized carbons (Fsp3) is 0.500. The Labute approximate surface area is 127 Å². The molecule has 8 heteroatoms. The molecule has 1 saturated carbocycles. The molecule has 2 heterocycles. The predicted octanol–water partition coefficient (Wildman–Crippen LogP) is 0.457. The number of hydrogen-bond donors (Lipinski definition) is 4. The predicted molar refractivity (Wildman–Crippen MR) is 75.7 cm³/mol. The van der Waals surface area contributed by atoms with Crippen molar-refractivity contribution >= 4 is 18.0 Å². The monoisotopic (exact) mass is 306 g/mol. The van der Waals surface area contributed by atoms with Crippen molar-refractivity contribution in [2.45, 2.75) is 31.3 Å². The molecule has 1 aliphatic carbocycles. The first-order chi connectivity index (χ1) is 10.6. The number of amides is 5. The van der Waals surface area contributed by atoms with Crippen LogP contribution in [-0.2, 0) is 11.3 Å². The van der Waals surface area contributed by atoms with Gasteiger partial charge in [-0.15, -0.1) is 0 Å². The van der Waals surface area contributed by atoms with Crippen molar-refractivity contribution in [3.8, 4) is 0 Å². The Bertz CT molecular complexity index is 586. The van der Waals surface area contributed by atoms with Gasteiger partial charge in [0, 0.05) is 12.5 Å². The first-order valence-corrected chi connectivity index (χ1v) is 7.28. The molecule has 1 aromatic heterocycles. The van der Waals surface area contributed by atoms with Crippen LogP contribution in [0.5, 0.6) is 0 Å². The van der Waals surface area contributed by atoms with Gasteiger partial charge in [-0.2, -0.15) is 0 Å². The van der Waals surface area contributed by atoms with Gasteiger partial charge in [0.25, 0.3) is 5.91 Å². The highest BCUT2D eigenvalue weighted by atomic mass is 16.3. The van der Waals surface area contributed by atoms with Crippen LogP contribution >= 0.6 is 0 Å². The lowest BCUT2D eigenvalue weighted by Gasteiger charge is -2.28. The van der Waals surface area contributed by atoms with Crippen LogP contribution in [0.25, 0.3) is 0 Å². The van der Waals surface area contributed by atoms with Gasteiger partial charge in [0.1, 0.15) is 11.3 Å². The largest absolute Gasteiger partial charge is 0.467 e. The van der Waals surface area contributed by atoms with E-state index in [0.29, 0.717) is 25.3 Å². The number of imide groups is 1. The van der Waals surface area contributed by atoms with Crippen molar-refractivity contribution in [3.05, 3.63) is 24.2 Å². The van der Waals surface area contributed by atoms with Crippen LogP contribution in [0.4, 0.5) is 9.59 Å². The lowest BCUT2D eigenvalue weighted by molar-refractivity contribution is -0.125. The molecular weight excluding hydrogens is 288 g/mol. The first kappa shape index (κ1) is 14.4. The highest BCUT2D eigenvalue weighted by Crippen LogP contribution is 2.37. The topological polar surface area (TPSA) is 112 Å². The summed E-state index contributed by atoms with van der Waals surface area (Å²) < 4.78 is 5.12. The number of carbonyl (C=O) groups excluding carboxylic acids is 3. The van der Waals surface area contributed by atoms with E-state index in [-0.39, 0.29) is 17.9 Å². The smallest absolute Gasteiger partial charge is 0.322 e. The molecule has 5 amide bonds. The summed E-state index contributed by atoms with van der Waals surface area (Å²) >= 11 is 0. The summed E-state index contributed by atoms with van der Waals surface area (Å²) in [5.41, 5.74) is -0.870. The minimum atomic E-state index is -0.870. The zero-order chi connectivity index (χ0) is 15.6. The van der Waals surface area contributed by atoms with Crippen LogP contribution in [-0.4, -0.2) is 30.1 Å². The van der Waals surface area contributed by atoms with Gasteiger partial charge in [0.05, 0.1) is 12.8 Å². The van der Waals surface area contributed by atoms with Gasteiger partial charge in [-0.1, -0.05) is 6.42 Å². The van der Waals surface area contributed by atoms with E-state index in [0.717, 1.165) is 12.8 Å². The Hall–Kier alpha value is -2.51.